The first-order valence-corrected chi connectivity index (χ1v) is 11.3. The van der Waals surface area contributed by atoms with Crippen LogP contribution in [0.15, 0.2) is 60.7 Å². The van der Waals surface area contributed by atoms with Crippen LogP contribution in [-0.2, 0) is 0 Å². The molecular weight excluding hydrogens is 469 g/mol. The van der Waals surface area contributed by atoms with Gasteiger partial charge in [0.2, 0.25) is 0 Å². The van der Waals surface area contributed by atoms with E-state index in [-0.39, 0.29) is 11.8 Å². The summed E-state index contributed by atoms with van der Waals surface area (Å²) in [6.07, 6.45) is 2.32. The summed E-state index contributed by atoms with van der Waals surface area (Å²) in [5.41, 5.74) is 2.62. The lowest BCUT2D eigenvalue weighted by molar-refractivity contribution is 0.101. The summed E-state index contributed by atoms with van der Waals surface area (Å²) in [5.74, 6) is -0.712. The summed E-state index contributed by atoms with van der Waals surface area (Å²) < 4.78 is 0. The van der Waals surface area contributed by atoms with Crippen LogP contribution < -0.4 is 15.5 Å². The van der Waals surface area contributed by atoms with E-state index in [1.54, 1.807) is 48.5 Å². The molecule has 0 aromatic heterocycles. The van der Waals surface area contributed by atoms with Crippen molar-refractivity contribution in [1.82, 2.24) is 0 Å². The molecule has 1 heterocycles. The van der Waals surface area contributed by atoms with Gasteiger partial charge in [0.25, 0.3) is 11.8 Å². The van der Waals surface area contributed by atoms with E-state index in [0.29, 0.717) is 37.6 Å². The standard InChI is InChI=1S/C24H20Cl3N3O2/c25-16-5-3-4-15(12-16)23(31)29-22-13-17(6-9-20(22)26)28-24(32)19-8-7-18(14-21(19)27)30-10-1-2-11-30/h3-9,12-14H,1-2,10-11H2,(H,28,32)(H,29,31). The topological polar surface area (TPSA) is 61.4 Å². The Hall–Kier alpha value is -2.73. The number of carbonyl (C=O) groups is 2. The highest BCUT2D eigenvalue weighted by Gasteiger charge is 2.17. The van der Waals surface area contributed by atoms with Crippen LogP contribution in [0, 0.1) is 0 Å². The number of hydrogen-bond donors (Lipinski definition) is 2. The molecule has 0 atom stereocenters. The molecule has 1 saturated heterocycles. The van der Waals surface area contributed by atoms with Gasteiger partial charge < -0.3 is 15.5 Å². The van der Waals surface area contributed by atoms with Crippen LogP contribution in [0.5, 0.6) is 0 Å². The van der Waals surface area contributed by atoms with Gasteiger partial charge in [-0.05, 0) is 67.4 Å². The summed E-state index contributed by atoms with van der Waals surface area (Å²) in [7, 11) is 0. The van der Waals surface area contributed by atoms with Gasteiger partial charge in [0.05, 0.1) is 21.3 Å². The molecule has 0 aliphatic carbocycles. The molecule has 4 rings (SSSR count). The van der Waals surface area contributed by atoms with Crippen LogP contribution in [0.1, 0.15) is 33.6 Å². The van der Waals surface area contributed by atoms with Crippen LogP contribution in [0.25, 0.3) is 0 Å². The number of nitrogens with zero attached hydrogens (tertiary/aromatic N) is 1. The van der Waals surface area contributed by atoms with Crippen molar-refractivity contribution >= 4 is 63.7 Å². The van der Waals surface area contributed by atoms with Crippen molar-refractivity contribution in [3.63, 3.8) is 0 Å². The highest BCUT2D eigenvalue weighted by atomic mass is 35.5. The molecular formula is C24H20Cl3N3O2. The van der Waals surface area contributed by atoms with Gasteiger partial charge in [-0.2, -0.15) is 0 Å². The number of hydrogen-bond acceptors (Lipinski definition) is 3. The van der Waals surface area contributed by atoms with Crippen molar-refractivity contribution in [1.29, 1.82) is 0 Å². The van der Waals surface area contributed by atoms with Gasteiger partial charge in [-0.1, -0.05) is 40.9 Å². The first-order chi connectivity index (χ1) is 15.4. The summed E-state index contributed by atoms with van der Waals surface area (Å²) in [5, 5.41) is 6.73. The SMILES string of the molecule is O=C(Nc1cc(NC(=O)c2ccc(N3CCCC3)cc2Cl)ccc1Cl)c1cccc(Cl)c1. The first-order valence-electron chi connectivity index (χ1n) is 10.1. The lowest BCUT2D eigenvalue weighted by atomic mass is 10.1. The lowest BCUT2D eigenvalue weighted by Gasteiger charge is -2.18. The number of benzene rings is 3. The molecule has 0 unspecified atom stereocenters. The molecule has 3 aromatic carbocycles. The summed E-state index contributed by atoms with van der Waals surface area (Å²) in [4.78, 5) is 27.6. The molecule has 1 fully saturated rings. The van der Waals surface area contributed by atoms with Crippen molar-refractivity contribution in [2.75, 3.05) is 28.6 Å². The van der Waals surface area contributed by atoms with Gasteiger partial charge in [-0.15, -0.1) is 0 Å². The van der Waals surface area contributed by atoms with Crippen LogP contribution >= 0.6 is 34.8 Å². The number of carbonyl (C=O) groups excluding carboxylic acids is 2. The molecule has 0 bridgehead atoms. The third-order valence-corrected chi connectivity index (χ3v) is 6.11. The van der Waals surface area contributed by atoms with Gasteiger partial charge in [-0.3, -0.25) is 9.59 Å². The molecule has 5 nitrogen and oxygen atoms in total. The number of halogens is 3. The monoisotopic (exact) mass is 487 g/mol. The molecule has 1 aliphatic rings. The lowest BCUT2D eigenvalue weighted by Crippen LogP contribution is -2.18. The Balaban J connectivity index is 1.48. The van der Waals surface area contributed by atoms with Crippen molar-refractivity contribution in [3.8, 4) is 0 Å². The molecule has 8 heteroatoms. The number of anilines is 3. The molecule has 32 heavy (non-hydrogen) atoms. The second-order valence-corrected chi connectivity index (χ2v) is 8.72. The third kappa shape index (κ3) is 5.18. The van der Waals surface area contributed by atoms with E-state index in [1.165, 1.54) is 0 Å². The van der Waals surface area contributed by atoms with Gasteiger partial charge in [-0.25, -0.2) is 0 Å². The van der Waals surface area contributed by atoms with Crippen molar-refractivity contribution in [2.45, 2.75) is 12.8 Å². The van der Waals surface area contributed by atoms with E-state index in [4.69, 9.17) is 34.8 Å². The molecule has 0 radical (unpaired) electrons. The highest BCUT2D eigenvalue weighted by Crippen LogP contribution is 2.29. The predicted molar refractivity (Wildman–Crippen MR) is 132 cm³/mol. The molecule has 164 valence electrons. The van der Waals surface area contributed by atoms with E-state index in [0.717, 1.165) is 31.6 Å². The zero-order valence-corrected chi connectivity index (χ0v) is 19.3. The molecule has 0 saturated carbocycles. The maximum absolute atomic E-state index is 12.8. The fraction of sp³-hybridized carbons (Fsp3) is 0.167. The van der Waals surface area contributed by atoms with E-state index < -0.39 is 0 Å². The summed E-state index contributed by atoms with van der Waals surface area (Å²) >= 11 is 18.6. The van der Waals surface area contributed by atoms with Gasteiger partial charge in [0, 0.05) is 35.1 Å². The van der Waals surface area contributed by atoms with E-state index in [2.05, 4.69) is 15.5 Å². The largest absolute Gasteiger partial charge is 0.371 e. The zero-order valence-electron chi connectivity index (χ0n) is 17.0. The Labute approximate surface area is 201 Å². The van der Waals surface area contributed by atoms with Gasteiger partial charge in [0.1, 0.15) is 0 Å². The minimum Gasteiger partial charge on any atom is -0.371 e. The van der Waals surface area contributed by atoms with E-state index in [9.17, 15) is 9.59 Å². The fourth-order valence-corrected chi connectivity index (χ4v) is 4.20. The van der Waals surface area contributed by atoms with Crippen LogP contribution in [-0.4, -0.2) is 24.9 Å². The summed E-state index contributed by atoms with van der Waals surface area (Å²) in [6.45, 7) is 1.99. The van der Waals surface area contributed by atoms with Crippen LogP contribution in [0.3, 0.4) is 0 Å². The van der Waals surface area contributed by atoms with E-state index >= 15 is 0 Å². The molecule has 2 N–H and O–H groups in total. The Bertz CT molecular complexity index is 1180. The van der Waals surface area contributed by atoms with Crippen LogP contribution in [0.2, 0.25) is 15.1 Å². The normalized spacial score (nSPS) is 13.2. The van der Waals surface area contributed by atoms with Crippen molar-refractivity contribution < 1.29 is 9.59 Å². The van der Waals surface area contributed by atoms with Crippen molar-refractivity contribution in [2.24, 2.45) is 0 Å². The average Bonchev–Trinajstić information content (AvgIpc) is 3.31. The number of amides is 2. The Kier molecular flexibility index (Phi) is 6.89. The maximum atomic E-state index is 12.8. The van der Waals surface area contributed by atoms with Gasteiger partial charge in [0.15, 0.2) is 0 Å². The smallest absolute Gasteiger partial charge is 0.257 e. The second kappa shape index (κ2) is 9.82. The fourth-order valence-electron chi connectivity index (χ4n) is 3.58. The molecule has 0 spiro atoms. The minimum atomic E-state index is -0.363. The molecule has 1 aliphatic heterocycles. The third-order valence-electron chi connectivity index (χ3n) is 5.23. The Morgan fingerprint density at radius 2 is 1.56 bits per heavy atom. The maximum Gasteiger partial charge on any atom is 0.257 e. The van der Waals surface area contributed by atoms with Crippen molar-refractivity contribution in [3.05, 3.63) is 86.9 Å². The Morgan fingerprint density at radius 1 is 0.781 bits per heavy atom. The molecule has 3 aromatic rings. The first kappa shape index (κ1) is 22.5. The Morgan fingerprint density at radius 3 is 2.28 bits per heavy atom. The molecule has 2 amide bonds. The van der Waals surface area contributed by atoms with Crippen LogP contribution in [0.4, 0.5) is 17.1 Å². The average molecular weight is 489 g/mol. The number of rotatable bonds is 5. The van der Waals surface area contributed by atoms with Gasteiger partial charge >= 0.3 is 0 Å². The second-order valence-electron chi connectivity index (χ2n) is 7.47. The summed E-state index contributed by atoms with van der Waals surface area (Å²) in [6, 6.07) is 16.9. The zero-order chi connectivity index (χ0) is 22.7. The quantitative estimate of drug-likeness (QED) is 0.417. The highest BCUT2D eigenvalue weighted by molar-refractivity contribution is 6.35. The predicted octanol–water partition coefficient (Wildman–Crippen LogP) is 6.75. The number of nitrogens with one attached hydrogen (secondary N) is 2. The van der Waals surface area contributed by atoms with E-state index in [1.807, 2.05) is 12.1 Å². The minimum absolute atomic E-state index is 0.339.